The van der Waals surface area contributed by atoms with Crippen LogP contribution < -0.4 is 5.32 Å². The zero-order chi connectivity index (χ0) is 20.3. The Labute approximate surface area is 179 Å². The van der Waals surface area contributed by atoms with E-state index in [-0.39, 0.29) is 5.78 Å². The second-order valence-corrected chi connectivity index (χ2v) is 8.84. The molecule has 5 rings (SSSR count). The van der Waals surface area contributed by atoms with Crippen LogP contribution in [0.25, 0.3) is 16.9 Å². The zero-order valence-electron chi connectivity index (χ0n) is 16.8. The van der Waals surface area contributed by atoms with E-state index < -0.39 is 0 Å². The van der Waals surface area contributed by atoms with Crippen molar-refractivity contribution in [2.45, 2.75) is 32.1 Å². The third-order valence-corrected chi connectivity index (χ3v) is 6.74. The lowest BCUT2D eigenvalue weighted by molar-refractivity contribution is 0.104. The number of aromatic nitrogens is 3. The standard InChI is InChI=1S/C24H24N4OS/c29-23(22-10-5-13-30-22)20-16-27-28-21(11-12-25-24(20)28)18-8-4-9-19(14-18)26-15-17-6-2-1-3-7-17/h4-5,8-14,16-17,26H,1-3,6-7,15H2. The largest absolute Gasteiger partial charge is 0.385 e. The summed E-state index contributed by atoms with van der Waals surface area (Å²) in [7, 11) is 0. The maximum Gasteiger partial charge on any atom is 0.208 e. The third kappa shape index (κ3) is 3.75. The summed E-state index contributed by atoms with van der Waals surface area (Å²) >= 11 is 1.43. The van der Waals surface area contributed by atoms with Crippen LogP contribution in [0.4, 0.5) is 5.69 Å². The summed E-state index contributed by atoms with van der Waals surface area (Å²) < 4.78 is 1.76. The summed E-state index contributed by atoms with van der Waals surface area (Å²) in [6.45, 7) is 1.02. The molecule has 0 radical (unpaired) electrons. The van der Waals surface area contributed by atoms with Crippen LogP contribution in [0.3, 0.4) is 0 Å². The highest BCUT2D eigenvalue weighted by Crippen LogP contribution is 2.27. The molecule has 3 heterocycles. The van der Waals surface area contributed by atoms with Gasteiger partial charge in [-0.1, -0.05) is 37.5 Å². The molecule has 5 nitrogen and oxygen atoms in total. The number of hydrogen-bond acceptors (Lipinski definition) is 5. The first-order valence-electron chi connectivity index (χ1n) is 10.5. The van der Waals surface area contributed by atoms with Crippen molar-refractivity contribution < 1.29 is 4.79 Å². The molecule has 3 aromatic heterocycles. The first kappa shape index (κ1) is 19.0. The molecule has 1 aliphatic rings. The van der Waals surface area contributed by atoms with Crippen molar-refractivity contribution in [3.63, 3.8) is 0 Å². The average Bonchev–Trinajstić information content (AvgIpc) is 3.48. The molecular formula is C24H24N4OS. The smallest absolute Gasteiger partial charge is 0.208 e. The molecule has 0 atom stereocenters. The minimum absolute atomic E-state index is 0.0347. The molecule has 0 spiro atoms. The number of nitrogens with zero attached hydrogens (tertiary/aromatic N) is 3. The average molecular weight is 417 g/mol. The molecule has 0 saturated heterocycles. The van der Waals surface area contributed by atoms with Gasteiger partial charge in [-0.05, 0) is 48.4 Å². The minimum Gasteiger partial charge on any atom is -0.385 e. The first-order valence-corrected chi connectivity index (χ1v) is 11.4. The molecule has 4 aromatic rings. The summed E-state index contributed by atoms with van der Waals surface area (Å²) in [6, 6.07) is 14.1. The number of thiophene rings is 1. The topological polar surface area (TPSA) is 59.3 Å². The monoisotopic (exact) mass is 416 g/mol. The van der Waals surface area contributed by atoms with Crippen LogP contribution in [-0.4, -0.2) is 26.9 Å². The molecule has 1 fully saturated rings. The number of carbonyl (C=O) groups is 1. The van der Waals surface area contributed by atoms with E-state index in [9.17, 15) is 4.79 Å². The van der Waals surface area contributed by atoms with E-state index in [1.807, 2.05) is 23.6 Å². The Kier molecular flexibility index (Phi) is 5.32. The van der Waals surface area contributed by atoms with Crippen LogP contribution in [0, 0.1) is 5.92 Å². The van der Waals surface area contributed by atoms with E-state index in [1.54, 1.807) is 16.9 Å². The van der Waals surface area contributed by atoms with Gasteiger partial charge in [0.05, 0.1) is 22.3 Å². The van der Waals surface area contributed by atoms with Crippen LogP contribution in [0.2, 0.25) is 0 Å². The number of ketones is 1. The van der Waals surface area contributed by atoms with E-state index in [1.165, 1.54) is 43.4 Å². The van der Waals surface area contributed by atoms with Crippen molar-refractivity contribution >= 4 is 28.5 Å². The highest BCUT2D eigenvalue weighted by atomic mass is 32.1. The minimum atomic E-state index is -0.0347. The fourth-order valence-electron chi connectivity index (χ4n) is 4.25. The van der Waals surface area contributed by atoms with Crippen molar-refractivity contribution in [2.75, 3.05) is 11.9 Å². The lowest BCUT2D eigenvalue weighted by Crippen LogP contribution is -2.17. The molecule has 0 unspecified atom stereocenters. The predicted octanol–water partition coefficient (Wildman–Crippen LogP) is 5.68. The number of anilines is 1. The second kappa shape index (κ2) is 8.40. The van der Waals surface area contributed by atoms with Crippen LogP contribution >= 0.6 is 11.3 Å². The molecule has 30 heavy (non-hydrogen) atoms. The number of nitrogens with one attached hydrogen (secondary N) is 1. The summed E-state index contributed by atoms with van der Waals surface area (Å²) in [5.74, 6) is 0.736. The number of hydrogen-bond donors (Lipinski definition) is 1. The van der Waals surface area contributed by atoms with Crippen LogP contribution in [-0.2, 0) is 0 Å². The van der Waals surface area contributed by atoms with Crippen molar-refractivity contribution in [2.24, 2.45) is 5.92 Å². The molecule has 1 N–H and O–H groups in total. The van der Waals surface area contributed by atoms with Gasteiger partial charge in [-0.25, -0.2) is 9.50 Å². The highest BCUT2D eigenvalue weighted by molar-refractivity contribution is 7.12. The third-order valence-electron chi connectivity index (χ3n) is 5.87. The Morgan fingerprint density at radius 3 is 2.87 bits per heavy atom. The lowest BCUT2D eigenvalue weighted by Gasteiger charge is -2.22. The summed E-state index contributed by atoms with van der Waals surface area (Å²) in [6.07, 6.45) is 10.1. The molecule has 6 heteroatoms. The van der Waals surface area contributed by atoms with Crippen molar-refractivity contribution in [3.05, 3.63) is 70.7 Å². The van der Waals surface area contributed by atoms with Gasteiger partial charge in [0.1, 0.15) is 0 Å². The quantitative estimate of drug-likeness (QED) is 0.411. The SMILES string of the molecule is O=C(c1cccs1)c1cnn2c(-c3cccc(NCC4CCCCC4)c3)ccnc12. The molecule has 0 bridgehead atoms. The van der Waals surface area contributed by atoms with Gasteiger partial charge < -0.3 is 5.32 Å². The maximum atomic E-state index is 12.8. The fourth-order valence-corrected chi connectivity index (χ4v) is 4.93. The fraction of sp³-hybridized carbons (Fsp3) is 0.292. The van der Waals surface area contributed by atoms with Gasteiger partial charge in [-0.2, -0.15) is 5.10 Å². The lowest BCUT2D eigenvalue weighted by atomic mass is 9.89. The first-order chi connectivity index (χ1) is 14.8. The Balaban J connectivity index is 1.43. The summed E-state index contributed by atoms with van der Waals surface area (Å²) in [5.41, 5.74) is 4.21. The zero-order valence-corrected chi connectivity index (χ0v) is 17.6. The van der Waals surface area contributed by atoms with E-state index in [0.29, 0.717) is 16.1 Å². The summed E-state index contributed by atoms with van der Waals surface area (Å²) in [4.78, 5) is 18.0. The predicted molar refractivity (Wildman–Crippen MR) is 121 cm³/mol. The van der Waals surface area contributed by atoms with Crippen LogP contribution in [0.15, 0.2) is 60.2 Å². The van der Waals surface area contributed by atoms with Crippen molar-refractivity contribution in [1.29, 1.82) is 0 Å². The maximum absolute atomic E-state index is 12.8. The normalized spacial score (nSPS) is 14.8. The Morgan fingerprint density at radius 2 is 2.03 bits per heavy atom. The van der Waals surface area contributed by atoms with Gasteiger partial charge in [-0.3, -0.25) is 4.79 Å². The second-order valence-electron chi connectivity index (χ2n) is 7.90. The Morgan fingerprint density at radius 1 is 1.13 bits per heavy atom. The van der Waals surface area contributed by atoms with Gasteiger partial charge >= 0.3 is 0 Å². The number of benzene rings is 1. The Hall–Kier alpha value is -2.99. The molecule has 1 aliphatic carbocycles. The van der Waals surface area contributed by atoms with E-state index in [0.717, 1.165) is 29.4 Å². The van der Waals surface area contributed by atoms with Gasteiger partial charge in [0.15, 0.2) is 5.65 Å². The molecule has 152 valence electrons. The molecular weight excluding hydrogens is 392 g/mol. The van der Waals surface area contributed by atoms with E-state index >= 15 is 0 Å². The molecule has 0 aliphatic heterocycles. The number of rotatable bonds is 6. The van der Waals surface area contributed by atoms with E-state index in [4.69, 9.17) is 0 Å². The van der Waals surface area contributed by atoms with Gasteiger partial charge in [-0.15, -0.1) is 11.3 Å². The van der Waals surface area contributed by atoms with Crippen LogP contribution in [0.1, 0.15) is 47.3 Å². The van der Waals surface area contributed by atoms with Crippen molar-refractivity contribution in [1.82, 2.24) is 14.6 Å². The molecule has 1 aromatic carbocycles. The van der Waals surface area contributed by atoms with Gasteiger partial charge in [0.2, 0.25) is 5.78 Å². The summed E-state index contributed by atoms with van der Waals surface area (Å²) in [5, 5.41) is 10.0. The highest BCUT2D eigenvalue weighted by Gasteiger charge is 2.18. The van der Waals surface area contributed by atoms with Crippen LogP contribution in [0.5, 0.6) is 0 Å². The molecule has 1 saturated carbocycles. The molecule has 0 amide bonds. The number of fused-ring (bicyclic) bond motifs is 1. The van der Waals surface area contributed by atoms with Crippen molar-refractivity contribution in [3.8, 4) is 11.3 Å². The van der Waals surface area contributed by atoms with E-state index in [2.05, 4.69) is 39.7 Å². The Bertz CT molecular complexity index is 1160. The van der Waals surface area contributed by atoms with Gasteiger partial charge in [0.25, 0.3) is 0 Å². The number of carbonyl (C=O) groups excluding carboxylic acids is 1. The van der Waals surface area contributed by atoms with Gasteiger partial charge in [0, 0.05) is 24.0 Å².